The summed E-state index contributed by atoms with van der Waals surface area (Å²) >= 11 is 0. The van der Waals surface area contributed by atoms with Gasteiger partial charge in [0, 0.05) is 0 Å². The maximum atomic E-state index is 11.6. The van der Waals surface area contributed by atoms with Crippen LogP contribution in [0.3, 0.4) is 0 Å². The summed E-state index contributed by atoms with van der Waals surface area (Å²) in [5, 5.41) is 0. The number of aryl methyl sites for hydroxylation is 1. The Balaban J connectivity index is 1.98. The molecule has 1 aliphatic heterocycles. The molecule has 2 rings (SSSR count). The van der Waals surface area contributed by atoms with Gasteiger partial charge < -0.3 is 4.74 Å². The predicted molar refractivity (Wildman–Crippen MR) is 66.8 cm³/mol. The second-order valence-electron chi connectivity index (χ2n) is 4.47. The van der Waals surface area contributed by atoms with E-state index in [2.05, 4.69) is 6.92 Å². The fraction of sp³-hybridized carbons (Fsp3) is 0.538. The van der Waals surface area contributed by atoms with Gasteiger partial charge in [-0.1, -0.05) is 19.1 Å². The van der Waals surface area contributed by atoms with E-state index >= 15 is 0 Å². The molecule has 2 unspecified atom stereocenters. The summed E-state index contributed by atoms with van der Waals surface area (Å²) in [4.78, 5) is 0.416. The van der Waals surface area contributed by atoms with Gasteiger partial charge in [-0.2, -0.15) is 0 Å². The maximum absolute atomic E-state index is 11.6. The average molecular weight is 254 g/mol. The minimum atomic E-state index is -3.07. The van der Waals surface area contributed by atoms with Gasteiger partial charge in [-0.05, 0) is 37.5 Å². The van der Waals surface area contributed by atoms with Crippen LogP contribution in [0.1, 0.15) is 25.8 Å². The lowest BCUT2D eigenvalue weighted by molar-refractivity contribution is 0.370. The number of rotatable bonds is 5. The molecule has 4 heteroatoms. The van der Waals surface area contributed by atoms with Crippen LogP contribution in [0.25, 0.3) is 0 Å². The highest BCUT2D eigenvalue weighted by Crippen LogP contribution is 2.26. The second kappa shape index (κ2) is 4.78. The van der Waals surface area contributed by atoms with Crippen molar-refractivity contribution in [2.24, 2.45) is 0 Å². The fourth-order valence-corrected chi connectivity index (χ4v) is 2.76. The zero-order valence-electron chi connectivity index (χ0n) is 10.2. The molecule has 1 fully saturated rings. The topological polar surface area (TPSA) is 46.7 Å². The number of hydrogen-bond acceptors (Lipinski definition) is 3. The lowest BCUT2D eigenvalue weighted by Crippen LogP contribution is -2.03. The smallest absolute Gasteiger partial charge is 0.178 e. The molecule has 0 bridgehead atoms. The number of sulfone groups is 1. The highest BCUT2D eigenvalue weighted by atomic mass is 32.2. The van der Waals surface area contributed by atoms with Crippen LogP contribution in [-0.2, 0) is 21.0 Å². The highest BCUT2D eigenvalue weighted by molar-refractivity contribution is 7.91. The fourth-order valence-electron chi connectivity index (χ4n) is 1.87. The molecule has 0 N–H and O–H groups in total. The summed E-state index contributed by atoms with van der Waals surface area (Å²) in [7, 11) is -3.07. The first-order valence-electron chi connectivity index (χ1n) is 6.00. The van der Waals surface area contributed by atoms with E-state index in [0.717, 1.165) is 12.8 Å². The largest absolute Gasteiger partial charge is 0.370 e. The molecule has 0 aromatic heterocycles. The molecular weight excluding hydrogens is 236 g/mol. The summed E-state index contributed by atoms with van der Waals surface area (Å²) in [5.74, 6) is 0.153. The summed E-state index contributed by atoms with van der Waals surface area (Å²) in [5.41, 5.74) is 1.17. The monoisotopic (exact) mass is 254 g/mol. The van der Waals surface area contributed by atoms with Crippen LogP contribution < -0.4 is 0 Å². The molecule has 1 aromatic rings. The van der Waals surface area contributed by atoms with Gasteiger partial charge in [0.15, 0.2) is 9.84 Å². The van der Waals surface area contributed by atoms with E-state index in [4.69, 9.17) is 4.74 Å². The maximum Gasteiger partial charge on any atom is 0.178 e. The standard InChI is InChI=1S/C13H18O3S/c1-3-17(14,15)12-7-4-11(5-8-12)6-9-13-10(2)16-13/h4-5,7-8,10,13H,3,6,9H2,1-2H3. The van der Waals surface area contributed by atoms with E-state index in [1.165, 1.54) is 5.56 Å². The van der Waals surface area contributed by atoms with Crippen LogP contribution in [0, 0.1) is 0 Å². The quantitative estimate of drug-likeness (QED) is 0.757. The third kappa shape index (κ3) is 3.07. The van der Waals surface area contributed by atoms with E-state index in [9.17, 15) is 8.42 Å². The van der Waals surface area contributed by atoms with E-state index < -0.39 is 9.84 Å². The summed E-state index contributed by atoms with van der Waals surface area (Å²) in [6.45, 7) is 3.73. The van der Waals surface area contributed by atoms with Crippen LogP contribution in [0.2, 0.25) is 0 Å². The Morgan fingerprint density at radius 3 is 2.29 bits per heavy atom. The van der Waals surface area contributed by atoms with Crippen LogP contribution >= 0.6 is 0 Å². The number of hydrogen-bond donors (Lipinski definition) is 0. The number of ether oxygens (including phenoxy) is 1. The summed E-state index contributed by atoms with van der Waals surface area (Å²) < 4.78 is 28.6. The first-order chi connectivity index (χ1) is 8.03. The molecule has 94 valence electrons. The van der Waals surface area contributed by atoms with Gasteiger partial charge in [0.25, 0.3) is 0 Å². The highest BCUT2D eigenvalue weighted by Gasteiger charge is 2.33. The Hall–Kier alpha value is -0.870. The molecule has 0 spiro atoms. The van der Waals surface area contributed by atoms with Crippen LogP contribution in [-0.4, -0.2) is 26.4 Å². The molecule has 0 saturated carbocycles. The molecular formula is C13H18O3S. The van der Waals surface area contributed by atoms with Gasteiger partial charge in [0.2, 0.25) is 0 Å². The first kappa shape index (κ1) is 12.6. The van der Waals surface area contributed by atoms with Crippen LogP contribution in [0.15, 0.2) is 29.2 Å². The molecule has 0 amide bonds. The van der Waals surface area contributed by atoms with Crippen molar-refractivity contribution in [1.82, 2.24) is 0 Å². The normalized spacial score (nSPS) is 23.6. The third-order valence-corrected chi connectivity index (χ3v) is 4.97. The van der Waals surface area contributed by atoms with Gasteiger partial charge in [0.05, 0.1) is 22.9 Å². The van der Waals surface area contributed by atoms with Crippen molar-refractivity contribution in [2.45, 2.75) is 43.8 Å². The zero-order valence-corrected chi connectivity index (χ0v) is 11.0. The Labute approximate surface area is 103 Å². The Morgan fingerprint density at radius 1 is 1.24 bits per heavy atom. The molecule has 1 saturated heterocycles. The summed E-state index contributed by atoms with van der Waals surface area (Å²) in [6, 6.07) is 7.20. The lowest BCUT2D eigenvalue weighted by atomic mass is 10.1. The van der Waals surface area contributed by atoms with Gasteiger partial charge in [-0.15, -0.1) is 0 Å². The number of benzene rings is 1. The molecule has 1 aromatic carbocycles. The van der Waals surface area contributed by atoms with Crippen molar-refractivity contribution in [3.63, 3.8) is 0 Å². The second-order valence-corrected chi connectivity index (χ2v) is 6.74. The van der Waals surface area contributed by atoms with E-state index in [-0.39, 0.29) is 5.75 Å². The number of epoxide rings is 1. The molecule has 1 heterocycles. The van der Waals surface area contributed by atoms with Crippen molar-refractivity contribution in [2.75, 3.05) is 5.75 Å². The minimum absolute atomic E-state index is 0.153. The molecule has 0 aliphatic carbocycles. The molecule has 17 heavy (non-hydrogen) atoms. The Kier molecular flexibility index (Phi) is 3.54. The molecule has 3 nitrogen and oxygen atoms in total. The average Bonchev–Trinajstić information content (AvgIpc) is 3.03. The summed E-state index contributed by atoms with van der Waals surface area (Å²) in [6.07, 6.45) is 2.76. The Bertz CT molecular complexity index is 476. The third-order valence-electron chi connectivity index (χ3n) is 3.22. The van der Waals surface area contributed by atoms with Gasteiger partial charge in [-0.3, -0.25) is 0 Å². The lowest BCUT2D eigenvalue weighted by Gasteiger charge is -2.03. The zero-order chi connectivity index (χ0) is 12.5. The minimum Gasteiger partial charge on any atom is -0.370 e. The van der Waals surface area contributed by atoms with Gasteiger partial charge >= 0.3 is 0 Å². The van der Waals surface area contributed by atoms with Crippen LogP contribution in [0.4, 0.5) is 0 Å². The van der Waals surface area contributed by atoms with Gasteiger partial charge in [-0.25, -0.2) is 8.42 Å². The van der Waals surface area contributed by atoms with E-state index in [1.54, 1.807) is 19.1 Å². The van der Waals surface area contributed by atoms with E-state index in [1.807, 2.05) is 12.1 Å². The SMILES string of the molecule is CCS(=O)(=O)c1ccc(CCC2OC2C)cc1. The van der Waals surface area contributed by atoms with Crippen molar-refractivity contribution < 1.29 is 13.2 Å². The predicted octanol–water partition coefficient (Wildman–Crippen LogP) is 2.20. The van der Waals surface area contributed by atoms with Crippen LogP contribution in [0.5, 0.6) is 0 Å². The van der Waals surface area contributed by atoms with Crippen molar-refractivity contribution in [3.05, 3.63) is 29.8 Å². The van der Waals surface area contributed by atoms with Crippen molar-refractivity contribution >= 4 is 9.84 Å². The van der Waals surface area contributed by atoms with Crippen molar-refractivity contribution in [3.8, 4) is 0 Å². The van der Waals surface area contributed by atoms with Gasteiger partial charge in [0.1, 0.15) is 0 Å². The molecule has 0 radical (unpaired) electrons. The van der Waals surface area contributed by atoms with Crippen molar-refractivity contribution in [1.29, 1.82) is 0 Å². The molecule has 1 aliphatic rings. The van der Waals surface area contributed by atoms with E-state index in [0.29, 0.717) is 17.1 Å². The molecule has 2 atom stereocenters. The Morgan fingerprint density at radius 2 is 1.82 bits per heavy atom. The first-order valence-corrected chi connectivity index (χ1v) is 7.65.